The number of aromatic nitrogens is 4. The Bertz CT molecular complexity index is 568. The Morgan fingerprint density at radius 1 is 1.19 bits per heavy atom. The number of anilines is 2. The lowest BCUT2D eigenvalue weighted by molar-refractivity contribution is 0.414. The minimum atomic E-state index is 0.645. The van der Waals surface area contributed by atoms with Crippen LogP contribution in [0.15, 0.2) is 18.6 Å². The molecule has 0 aliphatic carbocycles. The fourth-order valence-electron chi connectivity index (χ4n) is 1.97. The molecule has 114 valence electrons. The highest BCUT2D eigenvalue weighted by Gasteiger charge is 2.11. The summed E-state index contributed by atoms with van der Waals surface area (Å²) in [7, 11) is 3.54. The van der Waals surface area contributed by atoms with Crippen molar-refractivity contribution in [1.82, 2.24) is 19.7 Å². The van der Waals surface area contributed by atoms with E-state index in [0.29, 0.717) is 11.6 Å². The first-order valence-corrected chi connectivity index (χ1v) is 7.09. The van der Waals surface area contributed by atoms with E-state index in [4.69, 9.17) is 4.74 Å². The highest BCUT2D eigenvalue weighted by atomic mass is 16.5. The number of rotatable bonds is 8. The predicted octanol–water partition coefficient (Wildman–Crippen LogP) is 1.70. The predicted molar refractivity (Wildman–Crippen MR) is 82.8 cm³/mol. The fraction of sp³-hybridized carbons (Fsp3) is 0.500. The third-order valence-corrected chi connectivity index (χ3v) is 2.99. The largest absolute Gasteiger partial charge is 0.490 e. The standard InChI is InChI=1S/C14H22N6O/c1-4-7-15-13-12(21-3)14(18-10-17-13)16-8-5-11-6-9-20(2)19-11/h6,9-10H,4-5,7-8H2,1-3H3,(H2,15,16,17,18). The highest BCUT2D eigenvalue weighted by Crippen LogP contribution is 2.28. The molecule has 0 bridgehead atoms. The maximum atomic E-state index is 5.41. The Hall–Kier alpha value is -2.31. The SMILES string of the molecule is CCCNc1ncnc(NCCc2ccn(C)n2)c1OC. The summed E-state index contributed by atoms with van der Waals surface area (Å²) in [6.45, 7) is 3.69. The van der Waals surface area contributed by atoms with Gasteiger partial charge in [0.1, 0.15) is 6.33 Å². The van der Waals surface area contributed by atoms with Gasteiger partial charge in [0.2, 0.25) is 5.75 Å². The fourth-order valence-corrected chi connectivity index (χ4v) is 1.97. The van der Waals surface area contributed by atoms with Crippen molar-refractivity contribution >= 4 is 11.6 Å². The molecule has 2 rings (SSSR count). The lowest BCUT2D eigenvalue weighted by Gasteiger charge is -2.13. The third-order valence-electron chi connectivity index (χ3n) is 2.99. The Labute approximate surface area is 124 Å². The van der Waals surface area contributed by atoms with E-state index in [1.807, 2.05) is 19.3 Å². The Kier molecular flexibility index (Phi) is 5.36. The van der Waals surface area contributed by atoms with Crippen molar-refractivity contribution < 1.29 is 4.74 Å². The third kappa shape index (κ3) is 4.08. The molecule has 7 heteroatoms. The summed E-state index contributed by atoms with van der Waals surface area (Å²) in [5.74, 6) is 2.06. The number of ether oxygens (including phenoxy) is 1. The Morgan fingerprint density at radius 2 is 1.90 bits per heavy atom. The van der Waals surface area contributed by atoms with Crippen LogP contribution in [0, 0.1) is 0 Å². The van der Waals surface area contributed by atoms with E-state index in [9.17, 15) is 0 Å². The molecule has 0 saturated heterocycles. The van der Waals surface area contributed by atoms with Gasteiger partial charge in [-0.1, -0.05) is 6.92 Å². The van der Waals surface area contributed by atoms with Crippen LogP contribution in [0.3, 0.4) is 0 Å². The minimum absolute atomic E-state index is 0.645. The monoisotopic (exact) mass is 290 g/mol. The van der Waals surface area contributed by atoms with Crippen LogP contribution in [0.5, 0.6) is 5.75 Å². The smallest absolute Gasteiger partial charge is 0.204 e. The normalized spacial score (nSPS) is 10.4. The molecule has 0 aliphatic rings. The molecule has 2 heterocycles. The lowest BCUT2D eigenvalue weighted by atomic mass is 10.3. The molecule has 0 spiro atoms. The van der Waals surface area contributed by atoms with Gasteiger partial charge in [-0.25, -0.2) is 9.97 Å². The van der Waals surface area contributed by atoms with Gasteiger partial charge in [0, 0.05) is 32.8 Å². The van der Waals surface area contributed by atoms with Gasteiger partial charge in [-0.15, -0.1) is 0 Å². The second-order valence-electron chi connectivity index (χ2n) is 4.69. The summed E-state index contributed by atoms with van der Waals surface area (Å²) in [6.07, 6.45) is 5.32. The average Bonchev–Trinajstić information content (AvgIpc) is 2.90. The van der Waals surface area contributed by atoms with Gasteiger partial charge < -0.3 is 15.4 Å². The number of aryl methyl sites for hydroxylation is 1. The zero-order chi connectivity index (χ0) is 15.1. The van der Waals surface area contributed by atoms with Gasteiger partial charge in [0.25, 0.3) is 0 Å². The van der Waals surface area contributed by atoms with Crippen LogP contribution in [-0.2, 0) is 13.5 Å². The number of nitrogens with one attached hydrogen (secondary N) is 2. The van der Waals surface area contributed by atoms with Crippen molar-refractivity contribution in [2.24, 2.45) is 7.05 Å². The lowest BCUT2D eigenvalue weighted by Crippen LogP contribution is -2.11. The number of hydrogen-bond donors (Lipinski definition) is 2. The minimum Gasteiger partial charge on any atom is -0.490 e. The molecule has 7 nitrogen and oxygen atoms in total. The number of hydrogen-bond acceptors (Lipinski definition) is 6. The molecule has 2 N–H and O–H groups in total. The van der Waals surface area contributed by atoms with Crippen LogP contribution in [0.2, 0.25) is 0 Å². The molecular formula is C14H22N6O. The number of nitrogens with zero attached hydrogens (tertiary/aromatic N) is 4. The van der Waals surface area contributed by atoms with E-state index in [1.54, 1.807) is 11.8 Å². The van der Waals surface area contributed by atoms with Gasteiger partial charge >= 0.3 is 0 Å². The summed E-state index contributed by atoms with van der Waals surface area (Å²) in [5.41, 5.74) is 1.04. The van der Waals surface area contributed by atoms with Crippen molar-refractivity contribution in [2.75, 3.05) is 30.8 Å². The summed E-state index contributed by atoms with van der Waals surface area (Å²) in [5, 5.41) is 10.9. The molecule has 0 aliphatic heterocycles. The molecule has 0 amide bonds. The van der Waals surface area contributed by atoms with E-state index in [1.165, 1.54) is 6.33 Å². The van der Waals surface area contributed by atoms with E-state index < -0.39 is 0 Å². The zero-order valence-electron chi connectivity index (χ0n) is 12.8. The van der Waals surface area contributed by atoms with Crippen molar-refractivity contribution in [3.63, 3.8) is 0 Å². The molecule has 0 fully saturated rings. The van der Waals surface area contributed by atoms with Crippen LogP contribution in [-0.4, -0.2) is 39.9 Å². The maximum absolute atomic E-state index is 5.41. The van der Waals surface area contributed by atoms with Crippen LogP contribution in [0.1, 0.15) is 19.0 Å². The van der Waals surface area contributed by atoms with Gasteiger partial charge in [-0.05, 0) is 12.5 Å². The van der Waals surface area contributed by atoms with Gasteiger partial charge in [-0.2, -0.15) is 5.10 Å². The quantitative estimate of drug-likeness (QED) is 0.770. The molecule has 0 aromatic carbocycles. The van der Waals surface area contributed by atoms with Crippen molar-refractivity contribution in [3.8, 4) is 5.75 Å². The van der Waals surface area contributed by atoms with Gasteiger partial charge in [0.05, 0.1) is 12.8 Å². The maximum Gasteiger partial charge on any atom is 0.204 e. The topological polar surface area (TPSA) is 76.9 Å². The summed E-state index contributed by atoms with van der Waals surface area (Å²) in [4.78, 5) is 8.46. The second kappa shape index (κ2) is 7.47. The second-order valence-corrected chi connectivity index (χ2v) is 4.69. The van der Waals surface area contributed by atoms with Gasteiger partial charge in [-0.3, -0.25) is 4.68 Å². The van der Waals surface area contributed by atoms with E-state index in [-0.39, 0.29) is 0 Å². The van der Waals surface area contributed by atoms with Crippen LogP contribution in [0.4, 0.5) is 11.6 Å². The van der Waals surface area contributed by atoms with Gasteiger partial charge in [0.15, 0.2) is 11.6 Å². The average molecular weight is 290 g/mol. The van der Waals surface area contributed by atoms with Crippen molar-refractivity contribution in [2.45, 2.75) is 19.8 Å². The highest BCUT2D eigenvalue weighted by molar-refractivity contribution is 5.63. The molecule has 2 aromatic heterocycles. The first kappa shape index (κ1) is 15.1. The Balaban J connectivity index is 1.98. The van der Waals surface area contributed by atoms with Crippen LogP contribution >= 0.6 is 0 Å². The van der Waals surface area contributed by atoms with E-state index in [2.05, 4.69) is 32.6 Å². The molecule has 2 aromatic rings. The van der Waals surface area contributed by atoms with Crippen LogP contribution in [0.25, 0.3) is 0 Å². The molecule has 0 radical (unpaired) electrons. The molecule has 21 heavy (non-hydrogen) atoms. The number of methoxy groups -OCH3 is 1. The first-order valence-electron chi connectivity index (χ1n) is 7.09. The van der Waals surface area contributed by atoms with Crippen LogP contribution < -0.4 is 15.4 Å². The van der Waals surface area contributed by atoms with Crippen molar-refractivity contribution in [3.05, 3.63) is 24.3 Å². The molecule has 0 saturated carbocycles. The van der Waals surface area contributed by atoms with E-state index in [0.717, 1.165) is 37.4 Å². The summed E-state index contributed by atoms with van der Waals surface area (Å²) < 4.78 is 7.21. The van der Waals surface area contributed by atoms with Crippen molar-refractivity contribution in [1.29, 1.82) is 0 Å². The van der Waals surface area contributed by atoms with E-state index >= 15 is 0 Å². The Morgan fingerprint density at radius 3 is 2.48 bits per heavy atom. The summed E-state index contributed by atoms with van der Waals surface area (Å²) in [6, 6.07) is 2.01. The first-order chi connectivity index (χ1) is 10.2. The summed E-state index contributed by atoms with van der Waals surface area (Å²) >= 11 is 0. The zero-order valence-corrected chi connectivity index (χ0v) is 12.8. The molecule has 0 atom stereocenters. The molecule has 0 unspecified atom stereocenters. The molecular weight excluding hydrogens is 268 g/mol.